The molecule has 1 saturated carbocycles. The van der Waals surface area contributed by atoms with Crippen LogP contribution in [0.2, 0.25) is 5.02 Å². The second-order valence-corrected chi connectivity index (χ2v) is 7.06. The second kappa shape index (κ2) is 8.79. The molecule has 0 N–H and O–H groups in total. The van der Waals surface area contributed by atoms with Gasteiger partial charge in [0.2, 0.25) is 5.43 Å². The quantitative estimate of drug-likeness (QED) is 0.373. The number of aromatic nitrogens is 1. The monoisotopic (exact) mass is 438 g/mol. The first-order valence-corrected chi connectivity index (χ1v) is 9.63. The van der Waals surface area contributed by atoms with Gasteiger partial charge in [-0.2, -0.15) is 5.26 Å². The van der Waals surface area contributed by atoms with Gasteiger partial charge in [0.05, 0.1) is 36.4 Å². The van der Waals surface area contributed by atoms with E-state index in [1.807, 2.05) is 0 Å². The number of benzene rings is 1. The Morgan fingerprint density at radius 2 is 2.00 bits per heavy atom. The van der Waals surface area contributed by atoms with Crippen molar-refractivity contribution in [2.75, 3.05) is 13.2 Å². The molecule has 2 aromatic rings. The van der Waals surface area contributed by atoms with Crippen LogP contribution in [-0.4, -0.2) is 29.7 Å². The molecule has 0 bridgehead atoms. The third-order valence-electron chi connectivity index (χ3n) is 4.63. The SMILES string of the molecule is CCOC(=O)c1cn(C2CC2)c2c(F)c(Cl)c(F)c(CC(=O)OCCC#N)c2c1=O. The number of nitrogens with zero attached hydrogens (tertiary/aromatic N) is 2. The zero-order chi connectivity index (χ0) is 22.0. The van der Waals surface area contributed by atoms with Gasteiger partial charge in [-0.15, -0.1) is 0 Å². The van der Waals surface area contributed by atoms with Gasteiger partial charge >= 0.3 is 11.9 Å². The third kappa shape index (κ3) is 4.00. The van der Waals surface area contributed by atoms with Crippen molar-refractivity contribution >= 4 is 34.4 Å². The van der Waals surface area contributed by atoms with Crippen molar-refractivity contribution < 1.29 is 27.8 Å². The van der Waals surface area contributed by atoms with Crippen LogP contribution >= 0.6 is 11.6 Å². The minimum absolute atomic E-state index is 0.00115. The molecule has 1 aliphatic carbocycles. The molecule has 1 heterocycles. The summed E-state index contributed by atoms with van der Waals surface area (Å²) in [4.78, 5) is 37.4. The highest BCUT2D eigenvalue weighted by Gasteiger charge is 2.32. The molecule has 1 aliphatic rings. The summed E-state index contributed by atoms with van der Waals surface area (Å²) in [5.74, 6) is -4.28. The van der Waals surface area contributed by atoms with Gasteiger partial charge in [0.25, 0.3) is 0 Å². The van der Waals surface area contributed by atoms with E-state index in [1.165, 1.54) is 10.8 Å². The molecule has 0 spiro atoms. The van der Waals surface area contributed by atoms with Crippen LogP contribution in [0.5, 0.6) is 0 Å². The Bertz CT molecular complexity index is 1140. The van der Waals surface area contributed by atoms with E-state index in [0.29, 0.717) is 12.8 Å². The molecule has 1 aromatic heterocycles. The lowest BCUT2D eigenvalue weighted by atomic mass is 10.0. The highest BCUT2D eigenvalue weighted by Crippen LogP contribution is 2.40. The maximum absolute atomic E-state index is 14.9. The number of pyridine rings is 1. The number of fused-ring (bicyclic) bond motifs is 1. The van der Waals surface area contributed by atoms with Crippen molar-refractivity contribution in [1.82, 2.24) is 4.57 Å². The van der Waals surface area contributed by atoms with E-state index in [9.17, 15) is 23.2 Å². The number of carbonyl (C=O) groups is 2. The fourth-order valence-electron chi connectivity index (χ4n) is 3.15. The van der Waals surface area contributed by atoms with E-state index in [-0.39, 0.29) is 31.2 Å². The Kier molecular flexibility index (Phi) is 6.37. The predicted molar refractivity (Wildman–Crippen MR) is 102 cm³/mol. The zero-order valence-corrected chi connectivity index (χ0v) is 16.7. The topological polar surface area (TPSA) is 98.4 Å². The first kappa shape index (κ1) is 21.7. The number of ether oxygens (including phenoxy) is 2. The van der Waals surface area contributed by atoms with Crippen molar-refractivity contribution in [2.45, 2.75) is 38.6 Å². The van der Waals surface area contributed by atoms with Gasteiger partial charge < -0.3 is 14.0 Å². The smallest absolute Gasteiger partial charge is 0.343 e. The second-order valence-electron chi connectivity index (χ2n) is 6.68. The molecule has 30 heavy (non-hydrogen) atoms. The van der Waals surface area contributed by atoms with E-state index in [0.717, 1.165) is 0 Å². The molecular weight excluding hydrogens is 422 g/mol. The lowest BCUT2D eigenvalue weighted by Gasteiger charge is -2.17. The standard InChI is InChI=1S/C20H17ClF2N2O5/c1-2-29-20(28)12-9-25(10-4-5-10)18-14(19(12)27)11(16(22)15(21)17(18)23)8-13(26)30-7-3-6-24/h9-10H,2-5,7-8H2,1H3. The number of hydrogen-bond donors (Lipinski definition) is 0. The Labute approximate surface area is 174 Å². The maximum atomic E-state index is 14.9. The number of rotatable bonds is 7. The molecule has 0 amide bonds. The first-order chi connectivity index (χ1) is 14.3. The molecule has 158 valence electrons. The van der Waals surface area contributed by atoms with Crippen LogP contribution in [0.1, 0.15) is 48.1 Å². The Morgan fingerprint density at radius 3 is 2.60 bits per heavy atom. The summed E-state index contributed by atoms with van der Waals surface area (Å²) in [6.45, 7) is 1.34. The van der Waals surface area contributed by atoms with Crippen LogP contribution < -0.4 is 5.43 Å². The van der Waals surface area contributed by atoms with E-state index >= 15 is 0 Å². The van der Waals surface area contributed by atoms with Crippen LogP contribution in [0, 0.1) is 23.0 Å². The predicted octanol–water partition coefficient (Wildman–Crippen LogP) is 3.44. The van der Waals surface area contributed by atoms with Gasteiger partial charge in [0.1, 0.15) is 23.0 Å². The summed E-state index contributed by atoms with van der Waals surface area (Å²) in [5.41, 5.74) is -2.10. The molecule has 3 rings (SSSR count). The van der Waals surface area contributed by atoms with E-state index < -0.39 is 57.0 Å². The average Bonchev–Trinajstić information content (AvgIpc) is 3.55. The Morgan fingerprint density at radius 1 is 1.30 bits per heavy atom. The minimum Gasteiger partial charge on any atom is -0.464 e. The highest BCUT2D eigenvalue weighted by molar-refractivity contribution is 6.31. The van der Waals surface area contributed by atoms with Gasteiger partial charge in [-0.25, -0.2) is 13.6 Å². The van der Waals surface area contributed by atoms with Crippen molar-refractivity contribution in [2.24, 2.45) is 0 Å². The highest BCUT2D eigenvalue weighted by atomic mass is 35.5. The fourth-order valence-corrected chi connectivity index (χ4v) is 3.35. The van der Waals surface area contributed by atoms with E-state index in [4.69, 9.17) is 26.3 Å². The molecule has 0 saturated heterocycles. The van der Waals surface area contributed by atoms with E-state index in [1.54, 1.807) is 13.0 Å². The summed E-state index contributed by atoms with van der Waals surface area (Å²) < 4.78 is 40.9. The summed E-state index contributed by atoms with van der Waals surface area (Å²) in [7, 11) is 0. The van der Waals surface area contributed by atoms with Gasteiger partial charge in [-0.3, -0.25) is 9.59 Å². The minimum atomic E-state index is -1.28. The Balaban J connectivity index is 2.27. The van der Waals surface area contributed by atoms with Crippen LogP contribution in [0.25, 0.3) is 10.9 Å². The molecule has 1 fully saturated rings. The van der Waals surface area contributed by atoms with Crippen LogP contribution in [0.3, 0.4) is 0 Å². The van der Waals surface area contributed by atoms with Gasteiger partial charge in [-0.05, 0) is 19.8 Å². The molecule has 1 aromatic carbocycles. The number of nitriles is 1. The van der Waals surface area contributed by atoms with Crippen molar-refractivity contribution in [3.8, 4) is 6.07 Å². The van der Waals surface area contributed by atoms with Gasteiger partial charge in [-0.1, -0.05) is 11.6 Å². The van der Waals surface area contributed by atoms with Crippen molar-refractivity contribution in [3.63, 3.8) is 0 Å². The van der Waals surface area contributed by atoms with Crippen molar-refractivity contribution in [1.29, 1.82) is 5.26 Å². The largest absolute Gasteiger partial charge is 0.464 e. The first-order valence-electron chi connectivity index (χ1n) is 9.25. The molecule has 10 heteroatoms. The summed E-state index contributed by atoms with van der Waals surface area (Å²) >= 11 is 5.82. The zero-order valence-electron chi connectivity index (χ0n) is 16.0. The maximum Gasteiger partial charge on any atom is 0.343 e. The molecular formula is C20H17ClF2N2O5. The van der Waals surface area contributed by atoms with Crippen LogP contribution in [0.4, 0.5) is 8.78 Å². The third-order valence-corrected chi connectivity index (χ3v) is 4.96. The van der Waals surface area contributed by atoms with Crippen molar-refractivity contribution in [3.05, 3.63) is 44.2 Å². The normalized spacial score (nSPS) is 13.2. The molecule has 0 atom stereocenters. The summed E-state index contributed by atoms with van der Waals surface area (Å²) in [5, 5.41) is 7.21. The molecule has 0 aliphatic heterocycles. The average molecular weight is 439 g/mol. The number of hydrogen-bond acceptors (Lipinski definition) is 6. The molecule has 7 nitrogen and oxygen atoms in total. The Hall–Kier alpha value is -2.99. The van der Waals surface area contributed by atoms with Gasteiger partial charge in [0.15, 0.2) is 5.82 Å². The number of carbonyl (C=O) groups excluding carboxylic acids is 2. The molecule has 0 unspecified atom stereocenters. The van der Waals surface area contributed by atoms with Gasteiger partial charge in [0, 0.05) is 17.8 Å². The summed E-state index contributed by atoms with van der Waals surface area (Å²) in [6, 6.07) is 1.58. The lowest BCUT2D eigenvalue weighted by Crippen LogP contribution is -2.24. The fraction of sp³-hybridized carbons (Fsp3) is 0.400. The lowest BCUT2D eigenvalue weighted by molar-refractivity contribution is -0.142. The summed E-state index contributed by atoms with van der Waals surface area (Å²) in [6.07, 6.45) is 1.73. The van der Waals surface area contributed by atoms with Crippen LogP contribution in [0.15, 0.2) is 11.0 Å². The van der Waals surface area contributed by atoms with E-state index in [2.05, 4.69) is 0 Å². The van der Waals surface area contributed by atoms with Crippen LogP contribution in [-0.2, 0) is 20.7 Å². The number of halogens is 3. The molecule has 0 radical (unpaired) electrons. The number of esters is 2.